The first kappa shape index (κ1) is 24.5. The molecular formula is C26H35NO4S. The number of anilines is 1. The minimum atomic E-state index is -0.438. The molecule has 1 aromatic heterocycles. The number of nitrogens with zero attached hydrogens (tertiary/aromatic N) is 1. The van der Waals surface area contributed by atoms with Crippen LogP contribution in [-0.2, 0) is 16.0 Å². The number of hydrogen-bond donors (Lipinski definition) is 1. The van der Waals surface area contributed by atoms with Crippen LogP contribution in [0.2, 0.25) is 0 Å². The van der Waals surface area contributed by atoms with Gasteiger partial charge in [-0.1, -0.05) is 44.7 Å². The molecule has 174 valence electrons. The van der Waals surface area contributed by atoms with Crippen molar-refractivity contribution in [3.63, 3.8) is 0 Å². The number of carbonyl (C=O) groups is 2. The van der Waals surface area contributed by atoms with Crippen LogP contribution in [0.3, 0.4) is 0 Å². The minimum Gasteiger partial charge on any atom is -0.465 e. The van der Waals surface area contributed by atoms with Gasteiger partial charge in [0.1, 0.15) is 4.88 Å². The number of thiophene rings is 1. The van der Waals surface area contributed by atoms with Gasteiger partial charge in [-0.2, -0.15) is 0 Å². The van der Waals surface area contributed by atoms with Crippen LogP contribution in [-0.4, -0.2) is 30.1 Å². The van der Waals surface area contributed by atoms with E-state index in [0.29, 0.717) is 11.3 Å². The average Bonchev–Trinajstić information content (AvgIpc) is 3.43. The third-order valence-corrected chi connectivity index (χ3v) is 7.35. The smallest absolute Gasteiger partial charge is 0.348 e. The second-order valence-corrected chi connectivity index (χ2v) is 9.73. The highest BCUT2D eigenvalue weighted by Gasteiger charge is 2.31. The second-order valence-electron chi connectivity index (χ2n) is 8.56. The van der Waals surface area contributed by atoms with Crippen molar-refractivity contribution >= 4 is 28.9 Å². The van der Waals surface area contributed by atoms with E-state index >= 15 is 0 Å². The Labute approximate surface area is 195 Å². The monoisotopic (exact) mass is 457 g/mol. The molecule has 2 atom stereocenters. The Morgan fingerprint density at radius 1 is 1.16 bits per heavy atom. The van der Waals surface area contributed by atoms with Gasteiger partial charge in [-0.25, -0.2) is 4.79 Å². The van der Waals surface area contributed by atoms with Gasteiger partial charge in [0.25, 0.3) is 0 Å². The molecular weight excluding hydrogens is 422 g/mol. The van der Waals surface area contributed by atoms with Crippen LogP contribution in [0, 0.1) is 0 Å². The molecule has 1 fully saturated rings. The number of amides is 1. The molecule has 2 unspecified atom stereocenters. The molecule has 0 aliphatic carbocycles. The second kappa shape index (κ2) is 12.2. The van der Waals surface area contributed by atoms with Gasteiger partial charge in [0.2, 0.25) is 5.91 Å². The highest BCUT2D eigenvalue weighted by Crippen LogP contribution is 2.31. The van der Waals surface area contributed by atoms with E-state index in [1.807, 2.05) is 41.3 Å². The van der Waals surface area contributed by atoms with Crippen LogP contribution in [0.15, 0.2) is 36.4 Å². The molecule has 2 heterocycles. The van der Waals surface area contributed by atoms with Crippen molar-refractivity contribution in [2.75, 3.05) is 12.0 Å². The fourth-order valence-electron chi connectivity index (χ4n) is 4.39. The van der Waals surface area contributed by atoms with Crippen LogP contribution in [0.1, 0.15) is 90.9 Å². The third kappa shape index (κ3) is 6.42. The normalized spacial score (nSPS) is 17.0. The molecule has 32 heavy (non-hydrogen) atoms. The molecule has 0 bridgehead atoms. The predicted octanol–water partition coefficient (Wildman–Crippen LogP) is 6.06. The molecule has 0 spiro atoms. The number of ether oxygens (including phenoxy) is 1. The molecule has 1 aliphatic heterocycles. The summed E-state index contributed by atoms with van der Waals surface area (Å²) >= 11 is 1.48. The van der Waals surface area contributed by atoms with Gasteiger partial charge >= 0.3 is 5.97 Å². The lowest BCUT2D eigenvalue weighted by Crippen LogP contribution is -2.32. The number of hydrogen-bond acceptors (Lipinski definition) is 5. The number of esters is 1. The number of unbranched alkanes of at least 4 members (excludes halogenated alkanes) is 3. The van der Waals surface area contributed by atoms with Crippen molar-refractivity contribution in [2.45, 2.75) is 83.3 Å². The summed E-state index contributed by atoms with van der Waals surface area (Å²) in [6, 6.07) is 11.9. The number of rotatable bonds is 12. The van der Waals surface area contributed by atoms with Crippen LogP contribution < -0.4 is 4.90 Å². The molecule has 6 heteroatoms. The summed E-state index contributed by atoms with van der Waals surface area (Å²) < 4.78 is 4.77. The number of aliphatic hydroxyl groups is 1. The lowest BCUT2D eigenvalue weighted by Gasteiger charge is -2.25. The first-order valence-corrected chi connectivity index (χ1v) is 12.6. The third-order valence-electron chi connectivity index (χ3n) is 6.22. The highest BCUT2D eigenvalue weighted by molar-refractivity contribution is 7.13. The summed E-state index contributed by atoms with van der Waals surface area (Å²) in [6.07, 6.45) is 9.18. The Bertz CT molecular complexity index is 876. The summed E-state index contributed by atoms with van der Waals surface area (Å²) in [6.45, 7) is 2.19. The van der Waals surface area contributed by atoms with Crippen LogP contribution in [0.25, 0.3) is 0 Å². The lowest BCUT2D eigenvalue weighted by molar-refractivity contribution is -0.117. The van der Waals surface area contributed by atoms with E-state index in [1.54, 1.807) is 0 Å². The number of aryl methyl sites for hydroxylation is 1. The Hall–Kier alpha value is -2.18. The van der Waals surface area contributed by atoms with Crippen molar-refractivity contribution in [1.29, 1.82) is 0 Å². The van der Waals surface area contributed by atoms with E-state index in [2.05, 4.69) is 6.92 Å². The summed E-state index contributed by atoms with van der Waals surface area (Å²) in [5, 5.41) is 10.4. The zero-order valence-electron chi connectivity index (χ0n) is 19.2. The quantitative estimate of drug-likeness (QED) is 0.311. The van der Waals surface area contributed by atoms with Gasteiger partial charge in [0, 0.05) is 23.0 Å². The van der Waals surface area contributed by atoms with E-state index < -0.39 is 6.10 Å². The maximum absolute atomic E-state index is 12.6. The fraction of sp³-hybridized carbons (Fsp3) is 0.538. The molecule has 5 nitrogen and oxygen atoms in total. The molecule has 1 aliphatic rings. The van der Waals surface area contributed by atoms with E-state index in [-0.39, 0.29) is 17.9 Å². The molecule has 0 saturated carbocycles. The molecule has 1 aromatic carbocycles. The Morgan fingerprint density at radius 3 is 2.66 bits per heavy atom. The predicted molar refractivity (Wildman–Crippen MR) is 129 cm³/mol. The van der Waals surface area contributed by atoms with Crippen molar-refractivity contribution in [3.8, 4) is 0 Å². The molecule has 3 rings (SSSR count). The standard InChI is InChI=1S/C26H35NO4S/c1-3-4-5-6-10-23(28)19-11-13-21(14-12-19)27-20(15-18-25(27)29)8-7-9-22-16-17-24(32-22)26(30)31-2/h11-14,16-17,20,23,28H,3-10,15,18H2,1-2H3. The van der Waals surface area contributed by atoms with Gasteiger partial charge < -0.3 is 14.7 Å². The van der Waals surface area contributed by atoms with Crippen molar-refractivity contribution in [3.05, 3.63) is 51.7 Å². The Balaban J connectivity index is 1.53. The van der Waals surface area contributed by atoms with Crippen LogP contribution in [0.4, 0.5) is 5.69 Å². The SMILES string of the molecule is CCCCCCC(O)c1ccc(N2C(=O)CCC2CCCc2ccc(C(=O)OC)s2)cc1. The van der Waals surface area contributed by atoms with Gasteiger partial charge in [-0.3, -0.25) is 4.79 Å². The molecule has 0 radical (unpaired) electrons. The molecule has 2 aromatic rings. The number of methoxy groups -OCH3 is 1. The molecule has 1 amide bonds. The summed E-state index contributed by atoms with van der Waals surface area (Å²) in [7, 11) is 1.40. The van der Waals surface area contributed by atoms with Gasteiger partial charge in [-0.15, -0.1) is 11.3 Å². The van der Waals surface area contributed by atoms with E-state index in [0.717, 1.165) is 56.2 Å². The van der Waals surface area contributed by atoms with E-state index in [1.165, 1.54) is 36.2 Å². The topological polar surface area (TPSA) is 66.8 Å². The number of carbonyl (C=O) groups excluding carboxylic acids is 2. The molecule has 1 N–H and O–H groups in total. The zero-order chi connectivity index (χ0) is 22.9. The first-order chi connectivity index (χ1) is 15.5. The summed E-state index contributed by atoms with van der Waals surface area (Å²) in [4.78, 5) is 27.9. The van der Waals surface area contributed by atoms with E-state index in [9.17, 15) is 14.7 Å². The molecule has 1 saturated heterocycles. The van der Waals surface area contributed by atoms with Crippen molar-refractivity contribution < 1.29 is 19.4 Å². The Kier molecular flexibility index (Phi) is 9.30. The Morgan fingerprint density at radius 2 is 1.94 bits per heavy atom. The van der Waals surface area contributed by atoms with E-state index in [4.69, 9.17) is 4.74 Å². The minimum absolute atomic E-state index is 0.173. The summed E-state index contributed by atoms with van der Waals surface area (Å²) in [5.74, 6) is -0.115. The van der Waals surface area contributed by atoms with Gasteiger partial charge in [0.05, 0.1) is 13.2 Å². The number of aliphatic hydroxyl groups excluding tert-OH is 1. The maximum Gasteiger partial charge on any atom is 0.348 e. The van der Waals surface area contributed by atoms with Crippen LogP contribution >= 0.6 is 11.3 Å². The van der Waals surface area contributed by atoms with Gasteiger partial charge in [0.15, 0.2) is 0 Å². The number of benzene rings is 1. The van der Waals surface area contributed by atoms with Crippen LogP contribution in [0.5, 0.6) is 0 Å². The maximum atomic E-state index is 12.6. The lowest BCUT2D eigenvalue weighted by atomic mass is 10.0. The largest absolute Gasteiger partial charge is 0.465 e. The van der Waals surface area contributed by atoms with Crippen molar-refractivity contribution in [1.82, 2.24) is 0 Å². The van der Waals surface area contributed by atoms with Gasteiger partial charge in [-0.05, 0) is 61.9 Å². The zero-order valence-corrected chi connectivity index (χ0v) is 20.0. The first-order valence-electron chi connectivity index (χ1n) is 11.8. The summed E-state index contributed by atoms with van der Waals surface area (Å²) in [5.41, 5.74) is 1.84. The van der Waals surface area contributed by atoms with Crippen molar-refractivity contribution in [2.24, 2.45) is 0 Å². The average molecular weight is 458 g/mol. The fourth-order valence-corrected chi connectivity index (χ4v) is 5.36. The highest BCUT2D eigenvalue weighted by atomic mass is 32.1.